The number of halogens is 2. The number of hydrogen-bond acceptors (Lipinski definition) is 3. The molecule has 100 valence electrons. The zero-order valence-corrected chi connectivity index (χ0v) is 11.3. The highest BCUT2D eigenvalue weighted by Crippen LogP contribution is 2.60. The molecule has 1 saturated heterocycles. The second-order valence-electron chi connectivity index (χ2n) is 5.00. The molecule has 0 spiro atoms. The highest BCUT2D eigenvalue weighted by atomic mass is 35.5. The Morgan fingerprint density at radius 3 is 2.63 bits per heavy atom. The van der Waals surface area contributed by atoms with E-state index < -0.39 is 17.3 Å². The van der Waals surface area contributed by atoms with E-state index in [0.717, 1.165) is 0 Å². The van der Waals surface area contributed by atoms with Crippen LogP contribution in [-0.4, -0.2) is 29.4 Å². The number of carboxylic acid groups (broad SMARTS) is 1. The second-order valence-corrected chi connectivity index (χ2v) is 5.81. The summed E-state index contributed by atoms with van der Waals surface area (Å²) < 4.78 is 0. The third-order valence-corrected chi connectivity index (χ3v) is 4.85. The number of aliphatic carboxylic acids is 1. The smallest absolute Gasteiger partial charge is 0.309 e. The molecular weight excluding hydrogens is 289 g/mol. The molecule has 3 atom stereocenters. The minimum atomic E-state index is -0.925. The van der Waals surface area contributed by atoms with Gasteiger partial charge in [-0.2, -0.15) is 0 Å². The third kappa shape index (κ3) is 1.71. The van der Waals surface area contributed by atoms with E-state index in [1.807, 2.05) is 0 Å². The van der Waals surface area contributed by atoms with Crippen molar-refractivity contribution in [2.75, 3.05) is 6.54 Å². The minimum absolute atomic E-state index is 0.159. The van der Waals surface area contributed by atoms with Crippen molar-refractivity contribution in [3.63, 3.8) is 0 Å². The molecule has 1 aromatic rings. The number of carbonyl (C=O) groups is 2. The Morgan fingerprint density at radius 1 is 1.32 bits per heavy atom. The molecule has 1 aliphatic carbocycles. The van der Waals surface area contributed by atoms with Gasteiger partial charge < -0.3 is 10.4 Å². The Morgan fingerprint density at radius 2 is 2.05 bits per heavy atom. The fourth-order valence-corrected chi connectivity index (χ4v) is 3.45. The lowest BCUT2D eigenvalue weighted by molar-refractivity contribution is -0.139. The normalized spacial score (nSPS) is 31.9. The summed E-state index contributed by atoms with van der Waals surface area (Å²) in [5.41, 5.74) is -0.380. The van der Waals surface area contributed by atoms with Crippen LogP contribution in [0.2, 0.25) is 10.0 Å². The molecule has 19 heavy (non-hydrogen) atoms. The maximum absolute atomic E-state index is 12.6. The van der Waals surface area contributed by atoms with Gasteiger partial charge in [0, 0.05) is 11.6 Å². The Balaban J connectivity index is 1.96. The zero-order chi connectivity index (χ0) is 13.8. The van der Waals surface area contributed by atoms with Gasteiger partial charge >= 0.3 is 5.97 Å². The predicted octanol–water partition coefficient (Wildman–Crippen LogP) is 2.24. The topological polar surface area (TPSA) is 66.4 Å². The van der Waals surface area contributed by atoms with Crippen LogP contribution < -0.4 is 5.32 Å². The lowest BCUT2D eigenvalue weighted by atomic mass is 9.90. The maximum Gasteiger partial charge on any atom is 0.309 e. The summed E-state index contributed by atoms with van der Waals surface area (Å²) in [7, 11) is 0. The van der Waals surface area contributed by atoms with Gasteiger partial charge in [0.25, 0.3) is 0 Å². The van der Waals surface area contributed by atoms with E-state index in [1.165, 1.54) is 6.07 Å². The summed E-state index contributed by atoms with van der Waals surface area (Å²) in [6.07, 6.45) is 0.549. The van der Waals surface area contributed by atoms with Crippen LogP contribution >= 0.6 is 23.2 Å². The second kappa shape index (κ2) is 4.20. The average Bonchev–Trinajstić information content (AvgIpc) is 2.83. The number of piperidine rings is 1. The van der Waals surface area contributed by atoms with Crippen LogP contribution in [-0.2, 0) is 4.79 Å². The van der Waals surface area contributed by atoms with Gasteiger partial charge in [-0.3, -0.25) is 9.59 Å². The van der Waals surface area contributed by atoms with E-state index in [9.17, 15) is 14.7 Å². The Hall–Kier alpha value is -1.10. The number of benzene rings is 1. The van der Waals surface area contributed by atoms with E-state index in [2.05, 4.69) is 5.32 Å². The number of rotatable bonds is 3. The quantitative estimate of drug-likeness (QED) is 0.840. The number of carbonyl (C=O) groups excluding carboxylic acids is 1. The van der Waals surface area contributed by atoms with Crippen LogP contribution in [0.1, 0.15) is 16.8 Å². The van der Waals surface area contributed by atoms with E-state index in [-0.39, 0.29) is 11.8 Å². The first-order valence-electron chi connectivity index (χ1n) is 5.94. The summed E-state index contributed by atoms with van der Waals surface area (Å²) in [5.74, 6) is -1.72. The number of carboxylic acids is 1. The number of fused-ring (bicyclic) bond motifs is 1. The molecule has 6 heteroatoms. The van der Waals surface area contributed by atoms with E-state index >= 15 is 0 Å². The monoisotopic (exact) mass is 299 g/mol. The van der Waals surface area contributed by atoms with E-state index in [1.54, 1.807) is 12.1 Å². The molecular formula is C13H11Cl2NO3. The molecule has 1 aromatic carbocycles. The third-order valence-electron chi connectivity index (χ3n) is 4.11. The molecule has 0 bridgehead atoms. The molecule has 1 saturated carbocycles. The van der Waals surface area contributed by atoms with Crippen molar-refractivity contribution < 1.29 is 14.7 Å². The lowest BCUT2D eigenvalue weighted by Crippen LogP contribution is -2.22. The first kappa shape index (κ1) is 12.9. The largest absolute Gasteiger partial charge is 0.481 e. The standard InChI is InChI=1S/C13H11Cl2NO3/c14-7-2-1-6(5-8(7)15)11(17)13-3-4-16-10(13)9(13)12(18)19/h1-2,5,9-10,16H,3-4H2,(H,18,19). The molecule has 0 radical (unpaired) electrons. The van der Waals surface area contributed by atoms with Gasteiger partial charge in [-0.15, -0.1) is 0 Å². The average molecular weight is 300 g/mol. The highest BCUT2D eigenvalue weighted by molar-refractivity contribution is 6.42. The summed E-state index contributed by atoms with van der Waals surface area (Å²) >= 11 is 11.7. The van der Waals surface area contributed by atoms with Crippen LogP contribution in [0.15, 0.2) is 18.2 Å². The van der Waals surface area contributed by atoms with Crippen LogP contribution in [0.4, 0.5) is 0 Å². The number of Topliss-reactive ketones (excluding diaryl/α,β-unsaturated/α-hetero) is 1. The first-order chi connectivity index (χ1) is 8.98. The Bertz CT molecular complexity index is 589. The lowest BCUT2D eigenvalue weighted by Gasteiger charge is -2.12. The van der Waals surface area contributed by atoms with Gasteiger partial charge in [0.15, 0.2) is 5.78 Å². The first-order valence-corrected chi connectivity index (χ1v) is 6.70. The minimum Gasteiger partial charge on any atom is -0.481 e. The van der Waals surface area contributed by atoms with E-state index in [0.29, 0.717) is 28.6 Å². The summed E-state index contributed by atoms with van der Waals surface area (Å²) in [4.78, 5) is 23.8. The van der Waals surface area contributed by atoms with Crippen LogP contribution in [0.5, 0.6) is 0 Å². The molecule has 3 unspecified atom stereocenters. The molecule has 0 aromatic heterocycles. The van der Waals surface area contributed by atoms with Crippen LogP contribution in [0, 0.1) is 11.3 Å². The zero-order valence-electron chi connectivity index (χ0n) is 9.82. The molecule has 0 amide bonds. The highest BCUT2D eigenvalue weighted by Gasteiger charge is 2.74. The van der Waals surface area contributed by atoms with Gasteiger partial charge in [-0.05, 0) is 31.2 Å². The van der Waals surface area contributed by atoms with Gasteiger partial charge in [-0.25, -0.2) is 0 Å². The molecule has 1 aliphatic heterocycles. The van der Waals surface area contributed by atoms with Gasteiger partial charge in [-0.1, -0.05) is 23.2 Å². The molecule has 2 N–H and O–H groups in total. The number of ketones is 1. The van der Waals surface area contributed by atoms with Gasteiger partial charge in [0.2, 0.25) is 0 Å². The molecule has 4 nitrogen and oxygen atoms in total. The van der Waals surface area contributed by atoms with Crippen molar-refractivity contribution in [3.8, 4) is 0 Å². The number of nitrogens with one attached hydrogen (secondary N) is 1. The van der Waals surface area contributed by atoms with Crippen molar-refractivity contribution in [3.05, 3.63) is 33.8 Å². The summed E-state index contributed by atoms with van der Waals surface area (Å²) in [6, 6.07) is 4.40. The fourth-order valence-electron chi connectivity index (χ4n) is 3.15. The molecule has 2 aliphatic rings. The molecule has 1 heterocycles. The Labute approximate surface area is 119 Å². The van der Waals surface area contributed by atoms with Crippen molar-refractivity contribution >= 4 is 35.0 Å². The molecule has 3 rings (SSSR count). The van der Waals surface area contributed by atoms with Crippen molar-refractivity contribution in [1.29, 1.82) is 0 Å². The number of hydrogen-bond donors (Lipinski definition) is 2. The predicted molar refractivity (Wildman–Crippen MR) is 70.8 cm³/mol. The Kier molecular flexibility index (Phi) is 2.85. The molecule has 2 fully saturated rings. The maximum atomic E-state index is 12.6. The van der Waals surface area contributed by atoms with Crippen LogP contribution in [0.25, 0.3) is 0 Å². The van der Waals surface area contributed by atoms with Crippen LogP contribution in [0.3, 0.4) is 0 Å². The van der Waals surface area contributed by atoms with Crippen molar-refractivity contribution in [2.24, 2.45) is 11.3 Å². The van der Waals surface area contributed by atoms with Gasteiger partial charge in [0.05, 0.1) is 21.4 Å². The van der Waals surface area contributed by atoms with Crippen molar-refractivity contribution in [1.82, 2.24) is 5.32 Å². The fraction of sp³-hybridized carbons (Fsp3) is 0.385. The van der Waals surface area contributed by atoms with E-state index in [4.69, 9.17) is 23.2 Å². The van der Waals surface area contributed by atoms with Crippen molar-refractivity contribution in [2.45, 2.75) is 12.5 Å². The summed E-state index contributed by atoms with van der Waals surface area (Å²) in [6.45, 7) is 0.668. The summed E-state index contributed by atoms with van der Waals surface area (Å²) in [5, 5.41) is 12.9. The SMILES string of the molecule is O=C(O)C1C2NCCC21C(=O)c1ccc(Cl)c(Cl)c1. The van der Waals surface area contributed by atoms with Gasteiger partial charge in [0.1, 0.15) is 0 Å².